The SMILES string of the molecule is CN(I)C/C=C/C(=O)N1CCN(Cc2ccc(I)s2)CC1. The maximum Gasteiger partial charge on any atom is 0.246 e. The standard InChI is InChI=1S/C14H19I2N3OS/c1-17(16)6-2-3-14(20)19-9-7-18(8-10-19)11-12-4-5-13(15)21-12/h2-5H,6-11H2,1H3/b3-2+. The Morgan fingerprint density at radius 3 is 2.67 bits per heavy atom. The summed E-state index contributed by atoms with van der Waals surface area (Å²) in [5, 5.41) is 0. The molecule has 0 bridgehead atoms. The number of hydrogen-bond acceptors (Lipinski definition) is 4. The van der Waals surface area contributed by atoms with Gasteiger partial charge in [0.1, 0.15) is 0 Å². The van der Waals surface area contributed by atoms with Gasteiger partial charge in [0.25, 0.3) is 0 Å². The lowest BCUT2D eigenvalue weighted by Crippen LogP contribution is -2.47. The lowest BCUT2D eigenvalue weighted by atomic mass is 10.3. The number of carbonyl (C=O) groups excluding carboxylic acids is 1. The zero-order valence-electron chi connectivity index (χ0n) is 12.0. The van der Waals surface area contributed by atoms with E-state index in [2.05, 4.69) is 62.5 Å². The molecule has 116 valence electrons. The Balaban J connectivity index is 1.75. The van der Waals surface area contributed by atoms with Crippen LogP contribution in [0, 0.1) is 2.88 Å². The van der Waals surface area contributed by atoms with Crippen LogP contribution in [0.1, 0.15) is 4.88 Å². The summed E-state index contributed by atoms with van der Waals surface area (Å²) in [5.41, 5.74) is 0. The van der Waals surface area contributed by atoms with Crippen molar-refractivity contribution in [3.8, 4) is 0 Å². The van der Waals surface area contributed by atoms with Gasteiger partial charge in [-0.2, -0.15) is 0 Å². The fourth-order valence-electron chi connectivity index (χ4n) is 2.19. The third-order valence-corrected chi connectivity index (χ3v) is 5.58. The molecule has 0 atom stereocenters. The molecule has 1 aliphatic rings. The van der Waals surface area contributed by atoms with E-state index in [4.69, 9.17) is 0 Å². The third-order valence-electron chi connectivity index (χ3n) is 3.31. The number of nitrogens with zero attached hydrogens (tertiary/aromatic N) is 3. The highest BCUT2D eigenvalue weighted by atomic mass is 127. The topological polar surface area (TPSA) is 26.8 Å². The number of amides is 1. The average molecular weight is 531 g/mol. The lowest BCUT2D eigenvalue weighted by molar-refractivity contribution is -0.127. The monoisotopic (exact) mass is 531 g/mol. The Morgan fingerprint density at radius 2 is 2.10 bits per heavy atom. The van der Waals surface area contributed by atoms with Crippen molar-refractivity contribution in [3.05, 3.63) is 32.0 Å². The normalized spacial score (nSPS) is 17.0. The summed E-state index contributed by atoms with van der Waals surface area (Å²) >= 11 is 6.42. The van der Waals surface area contributed by atoms with Crippen molar-refractivity contribution >= 4 is 62.7 Å². The average Bonchev–Trinajstić information content (AvgIpc) is 2.84. The van der Waals surface area contributed by atoms with Crippen molar-refractivity contribution in [2.24, 2.45) is 0 Å². The molecule has 2 rings (SSSR count). The maximum atomic E-state index is 12.0. The number of rotatable bonds is 5. The van der Waals surface area contributed by atoms with Gasteiger partial charge in [0.2, 0.25) is 5.91 Å². The number of likely N-dealkylation sites (N-methyl/N-ethyl adjacent to an activating group) is 1. The quantitative estimate of drug-likeness (QED) is 0.333. The molecule has 1 amide bonds. The second-order valence-corrected chi connectivity index (χ2v) is 9.71. The minimum Gasteiger partial charge on any atom is -0.337 e. The van der Waals surface area contributed by atoms with Crippen LogP contribution in [0.2, 0.25) is 0 Å². The lowest BCUT2D eigenvalue weighted by Gasteiger charge is -2.34. The largest absolute Gasteiger partial charge is 0.337 e. The molecular weight excluding hydrogens is 512 g/mol. The van der Waals surface area contributed by atoms with Crippen LogP contribution in [0.4, 0.5) is 0 Å². The van der Waals surface area contributed by atoms with E-state index in [1.807, 2.05) is 32.5 Å². The summed E-state index contributed by atoms with van der Waals surface area (Å²) in [4.78, 5) is 17.8. The highest BCUT2D eigenvalue weighted by molar-refractivity contribution is 14.1. The number of thiophene rings is 1. The van der Waals surface area contributed by atoms with E-state index in [1.54, 1.807) is 6.08 Å². The van der Waals surface area contributed by atoms with Gasteiger partial charge in [-0.3, -0.25) is 9.69 Å². The van der Waals surface area contributed by atoms with Crippen molar-refractivity contribution in [2.45, 2.75) is 6.54 Å². The van der Waals surface area contributed by atoms with Crippen LogP contribution < -0.4 is 0 Å². The molecular formula is C14H19I2N3OS. The van der Waals surface area contributed by atoms with Crippen LogP contribution in [0.3, 0.4) is 0 Å². The highest BCUT2D eigenvalue weighted by Gasteiger charge is 2.19. The zero-order valence-corrected chi connectivity index (χ0v) is 17.1. The fourth-order valence-corrected chi connectivity index (χ4v) is 4.21. The van der Waals surface area contributed by atoms with E-state index < -0.39 is 0 Å². The van der Waals surface area contributed by atoms with Crippen molar-refractivity contribution in [2.75, 3.05) is 39.8 Å². The van der Waals surface area contributed by atoms with E-state index in [-0.39, 0.29) is 5.91 Å². The molecule has 1 aromatic rings. The Bertz CT molecular complexity index is 496. The first-order valence-electron chi connectivity index (χ1n) is 6.83. The Kier molecular flexibility index (Phi) is 7.39. The first-order chi connectivity index (χ1) is 10.0. The van der Waals surface area contributed by atoms with E-state index in [1.165, 1.54) is 7.76 Å². The van der Waals surface area contributed by atoms with Crippen molar-refractivity contribution in [1.29, 1.82) is 0 Å². The molecule has 0 aromatic carbocycles. The smallest absolute Gasteiger partial charge is 0.246 e. The molecule has 1 saturated heterocycles. The van der Waals surface area contributed by atoms with Crippen LogP contribution in [-0.4, -0.2) is 58.6 Å². The Labute approximate surface area is 157 Å². The molecule has 4 nitrogen and oxygen atoms in total. The molecule has 1 aliphatic heterocycles. The zero-order chi connectivity index (χ0) is 15.2. The molecule has 0 N–H and O–H groups in total. The van der Waals surface area contributed by atoms with Gasteiger partial charge in [-0.05, 0) is 41.8 Å². The maximum absolute atomic E-state index is 12.0. The molecule has 0 aliphatic carbocycles. The van der Waals surface area contributed by atoms with Gasteiger partial charge < -0.3 is 4.90 Å². The first kappa shape index (κ1) is 17.6. The van der Waals surface area contributed by atoms with E-state index in [9.17, 15) is 4.79 Å². The van der Waals surface area contributed by atoms with Crippen LogP contribution in [0.25, 0.3) is 0 Å². The molecule has 0 radical (unpaired) electrons. The Morgan fingerprint density at radius 1 is 1.38 bits per heavy atom. The van der Waals surface area contributed by atoms with Gasteiger partial charge >= 0.3 is 0 Å². The first-order valence-corrected chi connectivity index (χ1v) is 9.69. The van der Waals surface area contributed by atoms with Gasteiger partial charge in [0.05, 0.1) is 2.88 Å². The number of piperazine rings is 1. The summed E-state index contributed by atoms with van der Waals surface area (Å²) < 4.78 is 3.35. The van der Waals surface area contributed by atoms with E-state index >= 15 is 0 Å². The molecule has 21 heavy (non-hydrogen) atoms. The fraction of sp³-hybridized carbons (Fsp3) is 0.500. The second kappa shape index (κ2) is 8.80. The van der Waals surface area contributed by atoms with Crippen LogP contribution >= 0.6 is 56.8 Å². The Hall–Kier alpha value is 0.290. The van der Waals surface area contributed by atoms with Gasteiger partial charge in [0.15, 0.2) is 0 Å². The summed E-state index contributed by atoms with van der Waals surface area (Å²) in [7, 11) is 1.99. The minimum atomic E-state index is 0.138. The van der Waals surface area contributed by atoms with Gasteiger partial charge in [-0.25, -0.2) is 3.11 Å². The van der Waals surface area contributed by atoms with Crippen molar-refractivity contribution in [3.63, 3.8) is 0 Å². The van der Waals surface area contributed by atoms with Crippen molar-refractivity contribution in [1.82, 2.24) is 12.9 Å². The number of halogens is 2. The number of hydrogen-bond donors (Lipinski definition) is 0. The summed E-state index contributed by atoms with van der Waals surface area (Å²) in [5.74, 6) is 0.138. The molecule has 0 spiro atoms. The predicted molar refractivity (Wildman–Crippen MR) is 105 cm³/mol. The predicted octanol–water partition coefficient (Wildman–Crippen LogP) is 2.83. The van der Waals surface area contributed by atoms with E-state index in [0.717, 1.165) is 39.3 Å². The summed E-state index contributed by atoms with van der Waals surface area (Å²) in [6.07, 6.45) is 3.63. The summed E-state index contributed by atoms with van der Waals surface area (Å²) in [6, 6.07) is 4.36. The van der Waals surface area contributed by atoms with Crippen LogP contribution in [0.5, 0.6) is 0 Å². The molecule has 7 heteroatoms. The van der Waals surface area contributed by atoms with E-state index in [0.29, 0.717) is 0 Å². The molecule has 0 saturated carbocycles. The second-order valence-electron chi connectivity index (χ2n) is 5.00. The molecule has 1 fully saturated rings. The van der Waals surface area contributed by atoms with Crippen molar-refractivity contribution < 1.29 is 4.79 Å². The molecule has 0 unspecified atom stereocenters. The third kappa shape index (κ3) is 6.12. The van der Waals surface area contributed by atoms with Crippen LogP contribution in [0.15, 0.2) is 24.3 Å². The molecule has 1 aromatic heterocycles. The van der Waals surface area contributed by atoms with Gasteiger partial charge in [-0.1, -0.05) is 6.08 Å². The van der Waals surface area contributed by atoms with Crippen LogP contribution in [-0.2, 0) is 11.3 Å². The molecule has 2 heterocycles. The van der Waals surface area contributed by atoms with Gasteiger partial charge in [0, 0.05) is 73.1 Å². The van der Waals surface area contributed by atoms with Gasteiger partial charge in [-0.15, -0.1) is 11.3 Å². The summed E-state index contributed by atoms with van der Waals surface area (Å²) in [6.45, 7) is 5.37. The highest BCUT2D eigenvalue weighted by Crippen LogP contribution is 2.20. The minimum absolute atomic E-state index is 0.138. The number of carbonyl (C=O) groups is 1.